The molecule has 0 fully saturated rings. The summed E-state index contributed by atoms with van der Waals surface area (Å²) in [5, 5.41) is 0. The van der Waals surface area contributed by atoms with E-state index in [1.165, 1.54) is 24.6 Å². The highest BCUT2D eigenvalue weighted by Gasteiger charge is 2.29. The number of hydrogen-bond acceptors (Lipinski definition) is 1. The number of benzene rings is 2. The zero-order chi connectivity index (χ0) is 24.2. The van der Waals surface area contributed by atoms with Crippen LogP contribution in [-0.4, -0.2) is 12.0 Å². The lowest BCUT2D eigenvalue weighted by Gasteiger charge is -2.17. The second-order valence-corrected chi connectivity index (χ2v) is 9.01. The van der Waals surface area contributed by atoms with E-state index in [9.17, 15) is 26.7 Å². The summed E-state index contributed by atoms with van der Waals surface area (Å²) in [6.45, 7) is 2.33. The van der Waals surface area contributed by atoms with Gasteiger partial charge < -0.3 is 4.79 Å². The summed E-state index contributed by atoms with van der Waals surface area (Å²) in [6, 6.07) is 11.7. The van der Waals surface area contributed by atoms with E-state index in [1.807, 2.05) is 6.07 Å². The van der Waals surface area contributed by atoms with Gasteiger partial charge in [-0.2, -0.15) is 13.2 Å². The molecule has 1 aliphatic rings. The average Bonchev–Trinajstić information content (AvgIpc) is 3.18. The molecule has 1 nitrogen and oxygen atoms in total. The van der Waals surface area contributed by atoms with Crippen LogP contribution in [0.1, 0.15) is 73.8 Å². The minimum atomic E-state index is -4.23. The Morgan fingerprint density at radius 3 is 2.15 bits per heavy atom. The van der Waals surface area contributed by atoms with Crippen LogP contribution in [0.3, 0.4) is 0 Å². The molecular formula is C27H29F5O. The van der Waals surface area contributed by atoms with Gasteiger partial charge in [0.25, 0.3) is 5.92 Å². The summed E-state index contributed by atoms with van der Waals surface area (Å²) in [7, 11) is 0. The zero-order valence-corrected chi connectivity index (χ0v) is 19.0. The molecule has 0 atom stereocenters. The highest BCUT2D eigenvalue weighted by atomic mass is 19.4. The Morgan fingerprint density at radius 1 is 0.879 bits per heavy atom. The Balaban J connectivity index is 1.75. The SMILES string of the molecule is CC(=O)CCc1ccc(CCC2=C(c3ccc(CC(F)(F)F)cc3)CCC2)cc1C(C)(F)F. The van der Waals surface area contributed by atoms with Crippen LogP contribution < -0.4 is 0 Å². The molecule has 2 aromatic carbocycles. The predicted octanol–water partition coefficient (Wildman–Crippen LogP) is 8.00. The van der Waals surface area contributed by atoms with Crippen LogP contribution in [0.5, 0.6) is 0 Å². The first-order valence-electron chi connectivity index (χ1n) is 11.3. The van der Waals surface area contributed by atoms with Gasteiger partial charge in [0.2, 0.25) is 0 Å². The maximum absolute atomic E-state index is 14.2. The van der Waals surface area contributed by atoms with Crippen LogP contribution in [0.2, 0.25) is 0 Å². The van der Waals surface area contributed by atoms with E-state index in [0.29, 0.717) is 18.4 Å². The van der Waals surface area contributed by atoms with E-state index < -0.39 is 18.5 Å². The van der Waals surface area contributed by atoms with Crippen LogP contribution in [-0.2, 0) is 30.0 Å². The standard InChI is InChI=1S/C27H29F5O/c1-18(33)6-11-23-15-8-19(16-25(23)26(2,28)29)7-12-21-4-3-5-24(21)22-13-9-20(10-14-22)17-27(30,31)32/h8-10,13-16H,3-7,11-12,17H2,1-2H3. The summed E-state index contributed by atoms with van der Waals surface area (Å²) >= 11 is 0. The maximum atomic E-state index is 14.2. The number of Topliss-reactive ketones (excluding diaryl/α,β-unsaturated/α-hetero) is 1. The summed E-state index contributed by atoms with van der Waals surface area (Å²) in [6.07, 6.45) is -0.529. The lowest BCUT2D eigenvalue weighted by molar-refractivity contribution is -0.127. The molecule has 0 N–H and O–H groups in total. The van der Waals surface area contributed by atoms with Gasteiger partial charge in [0.15, 0.2) is 0 Å². The van der Waals surface area contributed by atoms with Crippen molar-refractivity contribution in [2.75, 3.05) is 0 Å². The van der Waals surface area contributed by atoms with Crippen LogP contribution in [0.25, 0.3) is 5.57 Å². The number of halogens is 5. The molecule has 0 aromatic heterocycles. The molecule has 0 saturated heterocycles. The summed E-state index contributed by atoms with van der Waals surface area (Å²) < 4.78 is 66.2. The molecule has 0 unspecified atom stereocenters. The summed E-state index contributed by atoms with van der Waals surface area (Å²) in [5.41, 5.74) is 4.87. The molecule has 33 heavy (non-hydrogen) atoms. The van der Waals surface area contributed by atoms with Gasteiger partial charge in [-0.1, -0.05) is 42.0 Å². The Morgan fingerprint density at radius 2 is 1.55 bits per heavy atom. The second kappa shape index (κ2) is 10.2. The molecule has 0 radical (unpaired) electrons. The van der Waals surface area contributed by atoms with Crippen LogP contribution in [0, 0.1) is 0 Å². The van der Waals surface area contributed by atoms with E-state index >= 15 is 0 Å². The molecule has 6 heteroatoms. The second-order valence-electron chi connectivity index (χ2n) is 9.01. The molecule has 0 bridgehead atoms. The fraction of sp³-hybridized carbons (Fsp3) is 0.444. The van der Waals surface area contributed by atoms with Crippen LogP contribution in [0.15, 0.2) is 48.0 Å². The number of carbonyl (C=O) groups excluding carboxylic acids is 1. The summed E-state index contributed by atoms with van der Waals surface area (Å²) in [4.78, 5) is 11.3. The highest BCUT2D eigenvalue weighted by molar-refractivity contribution is 5.75. The predicted molar refractivity (Wildman–Crippen MR) is 120 cm³/mol. The topological polar surface area (TPSA) is 17.1 Å². The minimum absolute atomic E-state index is 0.0258. The van der Waals surface area contributed by atoms with E-state index in [2.05, 4.69) is 0 Å². The quantitative estimate of drug-likeness (QED) is 0.344. The van der Waals surface area contributed by atoms with Crippen molar-refractivity contribution in [3.63, 3.8) is 0 Å². The van der Waals surface area contributed by atoms with Gasteiger partial charge in [0.1, 0.15) is 5.78 Å². The van der Waals surface area contributed by atoms with Crippen molar-refractivity contribution in [1.82, 2.24) is 0 Å². The Bertz CT molecular complexity index is 1010. The van der Waals surface area contributed by atoms with Gasteiger partial charge in [-0.3, -0.25) is 0 Å². The summed E-state index contributed by atoms with van der Waals surface area (Å²) in [5.74, 6) is -3.02. The third kappa shape index (κ3) is 7.24. The first-order chi connectivity index (χ1) is 15.4. The normalized spacial score (nSPS) is 14.8. The fourth-order valence-electron chi connectivity index (χ4n) is 4.50. The zero-order valence-electron chi connectivity index (χ0n) is 19.0. The number of aryl methyl sites for hydroxylation is 2. The largest absolute Gasteiger partial charge is 0.393 e. The smallest absolute Gasteiger partial charge is 0.300 e. The van der Waals surface area contributed by atoms with E-state index in [0.717, 1.165) is 49.3 Å². The number of rotatable bonds is 9. The molecule has 2 aromatic rings. The van der Waals surface area contributed by atoms with Crippen molar-refractivity contribution in [1.29, 1.82) is 0 Å². The monoisotopic (exact) mass is 464 g/mol. The van der Waals surface area contributed by atoms with E-state index in [1.54, 1.807) is 24.3 Å². The third-order valence-electron chi connectivity index (χ3n) is 6.15. The van der Waals surface area contributed by atoms with Gasteiger partial charge in [0, 0.05) is 18.9 Å². The van der Waals surface area contributed by atoms with Crippen molar-refractivity contribution in [3.05, 3.63) is 75.9 Å². The average molecular weight is 465 g/mol. The third-order valence-corrected chi connectivity index (χ3v) is 6.15. The molecule has 178 valence electrons. The molecule has 0 aliphatic heterocycles. The molecule has 0 spiro atoms. The number of allylic oxidation sites excluding steroid dienone is 2. The first kappa shape index (κ1) is 25.1. The molecule has 3 rings (SSSR count). The van der Waals surface area contributed by atoms with Crippen molar-refractivity contribution in [2.24, 2.45) is 0 Å². The van der Waals surface area contributed by atoms with Crippen molar-refractivity contribution in [2.45, 2.75) is 77.3 Å². The maximum Gasteiger partial charge on any atom is 0.393 e. The Hall–Kier alpha value is -2.50. The lowest BCUT2D eigenvalue weighted by Crippen LogP contribution is -2.12. The van der Waals surface area contributed by atoms with E-state index in [-0.39, 0.29) is 23.3 Å². The Kier molecular flexibility index (Phi) is 7.76. The van der Waals surface area contributed by atoms with Crippen molar-refractivity contribution < 1.29 is 26.7 Å². The molecule has 1 aliphatic carbocycles. The number of alkyl halides is 5. The molecular weight excluding hydrogens is 435 g/mol. The van der Waals surface area contributed by atoms with E-state index in [4.69, 9.17) is 0 Å². The molecule has 0 heterocycles. The highest BCUT2D eigenvalue weighted by Crippen LogP contribution is 2.37. The number of ketones is 1. The van der Waals surface area contributed by atoms with Crippen molar-refractivity contribution >= 4 is 11.4 Å². The molecule has 0 amide bonds. The van der Waals surface area contributed by atoms with Gasteiger partial charge >= 0.3 is 6.18 Å². The van der Waals surface area contributed by atoms with Crippen LogP contribution in [0.4, 0.5) is 22.0 Å². The van der Waals surface area contributed by atoms with Gasteiger partial charge in [-0.05, 0) is 79.3 Å². The minimum Gasteiger partial charge on any atom is -0.300 e. The van der Waals surface area contributed by atoms with Gasteiger partial charge in [-0.25, -0.2) is 8.78 Å². The number of hydrogen-bond donors (Lipinski definition) is 0. The van der Waals surface area contributed by atoms with Crippen LogP contribution >= 0.6 is 0 Å². The van der Waals surface area contributed by atoms with Crippen molar-refractivity contribution in [3.8, 4) is 0 Å². The molecule has 0 saturated carbocycles. The number of carbonyl (C=O) groups is 1. The first-order valence-corrected chi connectivity index (χ1v) is 11.3. The lowest BCUT2D eigenvalue weighted by atomic mass is 9.92. The Labute approximate surface area is 191 Å². The van der Waals surface area contributed by atoms with Gasteiger partial charge in [-0.15, -0.1) is 0 Å². The van der Waals surface area contributed by atoms with Gasteiger partial charge in [0.05, 0.1) is 6.42 Å². The fourth-order valence-corrected chi connectivity index (χ4v) is 4.50.